The summed E-state index contributed by atoms with van der Waals surface area (Å²) in [6.07, 6.45) is 2.75. The number of hydrogen-bond donors (Lipinski definition) is 5. The first kappa shape index (κ1) is 18.3. The first-order chi connectivity index (χ1) is 10.4. The van der Waals surface area contributed by atoms with Crippen LogP contribution >= 0.6 is 12.4 Å². The van der Waals surface area contributed by atoms with E-state index in [9.17, 15) is 9.90 Å². The summed E-state index contributed by atoms with van der Waals surface area (Å²) in [5.74, 6) is -0.798. The number of halogens is 1. The second kappa shape index (κ2) is 7.52. The molecule has 0 saturated heterocycles. The summed E-state index contributed by atoms with van der Waals surface area (Å²) in [5, 5.41) is 22.9. The van der Waals surface area contributed by atoms with Crippen LogP contribution in [0, 0.1) is 0 Å². The molecule has 23 heavy (non-hydrogen) atoms. The van der Waals surface area contributed by atoms with E-state index in [1.165, 1.54) is 35.2 Å². The minimum atomic E-state index is -0.742. The number of aliphatic hydroxyl groups excluding tert-OH is 1. The largest absolute Gasteiger partial charge is 0.507 e. The molecular formula is C14H18ClN5O3. The van der Waals surface area contributed by atoms with Crippen LogP contribution in [0.5, 0.6) is 5.75 Å². The van der Waals surface area contributed by atoms with Crippen LogP contribution in [-0.4, -0.2) is 32.5 Å². The summed E-state index contributed by atoms with van der Waals surface area (Å²) < 4.78 is 1.37. The van der Waals surface area contributed by atoms with E-state index in [2.05, 4.69) is 5.10 Å². The molecule has 0 unspecified atom stereocenters. The van der Waals surface area contributed by atoms with Crippen LogP contribution in [0.25, 0.3) is 11.6 Å². The molecule has 1 aromatic carbocycles. The normalized spacial score (nSPS) is 11.1. The molecule has 0 aliphatic carbocycles. The second-order valence-corrected chi connectivity index (χ2v) is 4.64. The topological polar surface area (TPSA) is 153 Å². The van der Waals surface area contributed by atoms with Gasteiger partial charge in [-0.2, -0.15) is 5.10 Å². The lowest BCUT2D eigenvalue weighted by Crippen LogP contribution is -2.18. The zero-order valence-electron chi connectivity index (χ0n) is 12.1. The van der Waals surface area contributed by atoms with Gasteiger partial charge in [-0.05, 0) is 24.3 Å². The summed E-state index contributed by atoms with van der Waals surface area (Å²) in [6, 6.07) is 4.44. The first-order valence-electron chi connectivity index (χ1n) is 6.46. The summed E-state index contributed by atoms with van der Waals surface area (Å²) in [6.45, 7) is -0.0240. The molecule has 0 bridgehead atoms. The Morgan fingerprint density at radius 1 is 1.35 bits per heavy atom. The van der Waals surface area contributed by atoms with E-state index in [1.54, 1.807) is 0 Å². The first-order valence-corrected chi connectivity index (χ1v) is 6.46. The van der Waals surface area contributed by atoms with E-state index in [1.807, 2.05) is 0 Å². The van der Waals surface area contributed by atoms with Crippen LogP contribution in [0.15, 0.2) is 24.4 Å². The Morgan fingerprint density at radius 3 is 2.65 bits per heavy atom. The Hall–Kier alpha value is -2.71. The van der Waals surface area contributed by atoms with E-state index in [4.69, 9.17) is 22.3 Å². The number of anilines is 2. The number of hydrogen-bond acceptors (Lipinski definition) is 6. The number of phenolic OH excluding ortho intramolecular Hbond substituents is 1. The molecule has 2 aromatic rings. The highest BCUT2D eigenvalue weighted by molar-refractivity contribution is 6.24. The number of rotatable bonds is 5. The van der Waals surface area contributed by atoms with Gasteiger partial charge in [0.25, 0.3) is 5.91 Å². The van der Waals surface area contributed by atoms with Crippen LogP contribution in [0.4, 0.5) is 11.4 Å². The SMILES string of the molecule is Cl.NC(=O)C(=Cc1cc(N)ccc1O)c1c(N)cnn1CCO. The maximum Gasteiger partial charge on any atom is 0.250 e. The van der Waals surface area contributed by atoms with Gasteiger partial charge in [-0.25, -0.2) is 0 Å². The van der Waals surface area contributed by atoms with E-state index < -0.39 is 5.91 Å². The van der Waals surface area contributed by atoms with E-state index in [-0.39, 0.29) is 48.3 Å². The molecule has 1 aromatic heterocycles. The van der Waals surface area contributed by atoms with Crippen molar-refractivity contribution in [3.63, 3.8) is 0 Å². The van der Waals surface area contributed by atoms with Crippen molar-refractivity contribution in [2.45, 2.75) is 6.54 Å². The molecule has 0 radical (unpaired) electrons. The number of primary amides is 1. The van der Waals surface area contributed by atoms with Crippen molar-refractivity contribution in [3.05, 3.63) is 35.7 Å². The van der Waals surface area contributed by atoms with Gasteiger partial charge in [0.15, 0.2) is 0 Å². The molecule has 1 amide bonds. The highest BCUT2D eigenvalue weighted by atomic mass is 35.5. The van der Waals surface area contributed by atoms with Gasteiger partial charge in [-0.1, -0.05) is 0 Å². The average Bonchev–Trinajstić information content (AvgIpc) is 2.81. The minimum absolute atomic E-state index is 0. The lowest BCUT2D eigenvalue weighted by atomic mass is 10.0. The summed E-state index contributed by atoms with van der Waals surface area (Å²) in [4.78, 5) is 11.8. The molecule has 0 saturated carbocycles. The molecule has 8 N–H and O–H groups in total. The Balaban J connectivity index is 0.00000264. The van der Waals surface area contributed by atoms with Gasteiger partial charge in [0.05, 0.1) is 36.3 Å². The molecule has 0 atom stereocenters. The number of amides is 1. The Bertz CT molecular complexity index is 742. The van der Waals surface area contributed by atoms with Gasteiger partial charge in [0.1, 0.15) is 5.75 Å². The second-order valence-electron chi connectivity index (χ2n) is 4.64. The fraction of sp³-hybridized carbons (Fsp3) is 0.143. The number of nitrogens with two attached hydrogens (primary N) is 3. The predicted octanol–water partition coefficient (Wildman–Crippen LogP) is 0.193. The van der Waals surface area contributed by atoms with Crippen molar-refractivity contribution in [1.29, 1.82) is 0 Å². The number of phenols is 1. The molecule has 0 spiro atoms. The van der Waals surface area contributed by atoms with Gasteiger partial charge < -0.3 is 27.4 Å². The standard InChI is InChI=1S/C14H17N5O3.ClH/c15-9-1-2-12(21)8(5-9)6-10(14(17)22)13-11(16)7-18-19(13)3-4-20;/h1-2,5-7,20-21H,3-4,15-16H2,(H2,17,22);1H. The lowest BCUT2D eigenvalue weighted by molar-refractivity contribution is -0.112. The van der Waals surface area contributed by atoms with Crippen LogP contribution in [0.2, 0.25) is 0 Å². The maximum atomic E-state index is 11.8. The van der Waals surface area contributed by atoms with Gasteiger partial charge in [-0.3, -0.25) is 9.48 Å². The third-order valence-corrected chi connectivity index (χ3v) is 3.05. The number of carbonyl (C=O) groups excluding carboxylic acids is 1. The number of nitrogen functional groups attached to an aromatic ring is 2. The number of benzene rings is 1. The molecule has 2 rings (SSSR count). The Morgan fingerprint density at radius 2 is 2.04 bits per heavy atom. The average molecular weight is 340 g/mol. The van der Waals surface area contributed by atoms with E-state index >= 15 is 0 Å². The number of aromatic hydroxyl groups is 1. The number of aromatic nitrogens is 2. The quantitative estimate of drug-likeness (QED) is 0.298. The summed E-state index contributed by atoms with van der Waals surface area (Å²) >= 11 is 0. The zero-order valence-corrected chi connectivity index (χ0v) is 13.0. The van der Waals surface area contributed by atoms with Crippen LogP contribution in [0.1, 0.15) is 11.3 Å². The summed E-state index contributed by atoms with van der Waals surface area (Å²) in [5.41, 5.74) is 18.2. The number of aliphatic hydroxyl groups is 1. The Kier molecular flexibility index (Phi) is 6.00. The minimum Gasteiger partial charge on any atom is -0.507 e. The highest BCUT2D eigenvalue weighted by Gasteiger charge is 2.18. The van der Waals surface area contributed by atoms with Crippen molar-refractivity contribution in [3.8, 4) is 5.75 Å². The molecule has 0 fully saturated rings. The van der Waals surface area contributed by atoms with Crippen molar-refractivity contribution >= 4 is 41.3 Å². The van der Waals surface area contributed by atoms with Crippen LogP contribution in [0.3, 0.4) is 0 Å². The van der Waals surface area contributed by atoms with Gasteiger partial charge in [0.2, 0.25) is 0 Å². The molecule has 0 aliphatic heterocycles. The molecular weight excluding hydrogens is 322 g/mol. The van der Waals surface area contributed by atoms with Gasteiger partial charge >= 0.3 is 0 Å². The zero-order chi connectivity index (χ0) is 16.3. The van der Waals surface area contributed by atoms with Crippen molar-refractivity contribution in [2.24, 2.45) is 5.73 Å². The van der Waals surface area contributed by atoms with E-state index in [0.717, 1.165) is 0 Å². The van der Waals surface area contributed by atoms with Crippen molar-refractivity contribution in [1.82, 2.24) is 9.78 Å². The van der Waals surface area contributed by atoms with Crippen LogP contribution < -0.4 is 17.2 Å². The van der Waals surface area contributed by atoms with E-state index in [0.29, 0.717) is 11.3 Å². The number of nitrogens with zero attached hydrogens (tertiary/aromatic N) is 2. The maximum absolute atomic E-state index is 11.8. The molecule has 0 aliphatic rings. The smallest absolute Gasteiger partial charge is 0.250 e. The molecule has 124 valence electrons. The van der Waals surface area contributed by atoms with Gasteiger partial charge in [-0.15, -0.1) is 12.4 Å². The van der Waals surface area contributed by atoms with Gasteiger partial charge in [0, 0.05) is 11.3 Å². The molecule has 1 heterocycles. The van der Waals surface area contributed by atoms with Crippen molar-refractivity contribution < 1.29 is 15.0 Å². The third-order valence-electron chi connectivity index (χ3n) is 3.05. The predicted molar refractivity (Wildman–Crippen MR) is 90.6 cm³/mol. The highest BCUT2D eigenvalue weighted by Crippen LogP contribution is 2.28. The molecule has 9 heteroatoms. The fourth-order valence-corrected chi connectivity index (χ4v) is 2.06. The fourth-order valence-electron chi connectivity index (χ4n) is 2.06. The monoisotopic (exact) mass is 339 g/mol. The molecule has 8 nitrogen and oxygen atoms in total. The number of carbonyl (C=O) groups is 1. The summed E-state index contributed by atoms with van der Waals surface area (Å²) in [7, 11) is 0. The Labute approximate surface area is 138 Å². The van der Waals surface area contributed by atoms with Crippen LogP contribution in [-0.2, 0) is 11.3 Å². The lowest BCUT2D eigenvalue weighted by Gasteiger charge is -2.10. The third kappa shape index (κ3) is 3.93. The van der Waals surface area contributed by atoms with Crippen molar-refractivity contribution in [2.75, 3.05) is 18.1 Å².